The van der Waals surface area contributed by atoms with E-state index in [0.29, 0.717) is 0 Å². The predicted octanol–water partition coefficient (Wildman–Crippen LogP) is 3.72. The van der Waals surface area contributed by atoms with Gasteiger partial charge in [0.05, 0.1) is 6.54 Å². The molecule has 5 heteroatoms. The van der Waals surface area contributed by atoms with Crippen LogP contribution in [0.1, 0.15) is 23.6 Å². The highest BCUT2D eigenvalue weighted by atomic mass is 79.9. The van der Waals surface area contributed by atoms with Gasteiger partial charge in [-0.05, 0) is 37.1 Å². The van der Waals surface area contributed by atoms with Gasteiger partial charge in [0.25, 0.3) is 5.91 Å². The lowest BCUT2D eigenvalue weighted by molar-refractivity contribution is -0.131. The lowest BCUT2D eigenvalue weighted by Crippen LogP contribution is -2.40. The number of carbonyl (C=O) groups excluding carboxylic acids is 2. The molecule has 0 bridgehead atoms. The van der Waals surface area contributed by atoms with Crippen molar-refractivity contribution in [3.8, 4) is 0 Å². The molecule has 0 saturated carbocycles. The van der Waals surface area contributed by atoms with E-state index in [1.165, 1.54) is 4.90 Å². The molecule has 0 unspecified atom stereocenters. The van der Waals surface area contributed by atoms with E-state index in [9.17, 15) is 9.59 Å². The summed E-state index contributed by atoms with van der Waals surface area (Å²) in [6.07, 6.45) is 0. The van der Waals surface area contributed by atoms with Crippen molar-refractivity contribution >= 4 is 27.9 Å². The van der Waals surface area contributed by atoms with Crippen molar-refractivity contribution in [2.75, 3.05) is 0 Å². The molecule has 1 N–H and O–H groups in total. The van der Waals surface area contributed by atoms with Crippen molar-refractivity contribution < 1.29 is 9.59 Å². The molecule has 1 aliphatic heterocycles. The van der Waals surface area contributed by atoms with Gasteiger partial charge in [0.15, 0.2) is 0 Å². The monoisotopic (exact) mass is 372 g/mol. The SMILES string of the molecule is Cc1cccc(CN2C(=O)N[C@](C)(c3cccc(Br)c3)C2=O)c1. The minimum Gasteiger partial charge on any atom is -0.319 e. The molecule has 1 aliphatic rings. The summed E-state index contributed by atoms with van der Waals surface area (Å²) in [5.74, 6) is -0.234. The summed E-state index contributed by atoms with van der Waals surface area (Å²) in [6, 6.07) is 14.9. The molecule has 3 rings (SSSR count). The summed E-state index contributed by atoms with van der Waals surface area (Å²) in [7, 11) is 0. The Kier molecular flexibility index (Phi) is 3.98. The minimum atomic E-state index is -1.04. The number of amides is 3. The van der Waals surface area contributed by atoms with Crippen molar-refractivity contribution in [3.05, 3.63) is 69.7 Å². The van der Waals surface area contributed by atoms with Crippen LogP contribution in [0.5, 0.6) is 0 Å². The van der Waals surface area contributed by atoms with E-state index >= 15 is 0 Å². The first-order valence-electron chi connectivity index (χ1n) is 7.36. The smallest absolute Gasteiger partial charge is 0.319 e. The van der Waals surface area contributed by atoms with Gasteiger partial charge in [-0.1, -0.05) is 57.9 Å². The zero-order valence-electron chi connectivity index (χ0n) is 13.0. The van der Waals surface area contributed by atoms with Gasteiger partial charge in [0, 0.05) is 4.47 Å². The Bertz CT molecular complexity index is 790. The molecule has 1 heterocycles. The summed E-state index contributed by atoms with van der Waals surface area (Å²) in [6.45, 7) is 4.00. The molecule has 118 valence electrons. The van der Waals surface area contributed by atoms with E-state index in [0.717, 1.165) is 21.2 Å². The molecule has 3 amide bonds. The highest BCUT2D eigenvalue weighted by molar-refractivity contribution is 9.10. The van der Waals surface area contributed by atoms with Crippen molar-refractivity contribution in [1.29, 1.82) is 0 Å². The average Bonchev–Trinajstić information content (AvgIpc) is 2.72. The molecular weight excluding hydrogens is 356 g/mol. The van der Waals surface area contributed by atoms with Gasteiger partial charge in [0.2, 0.25) is 0 Å². The number of imide groups is 1. The third-order valence-electron chi connectivity index (χ3n) is 4.10. The number of halogens is 1. The van der Waals surface area contributed by atoms with Crippen LogP contribution in [0.15, 0.2) is 53.0 Å². The van der Waals surface area contributed by atoms with Crippen LogP contribution < -0.4 is 5.32 Å². The minimum absolute atomic E-state index is 0.234. The lowest BCUT2D eigenvalue weighted by atomic mass is 9.92. The Labute approximate surface area is 143 Å². The molecule has 2 aromatic carbocycles. The van der Waals surface area contributed by atoms with Crippen LogP contribution >= 0.6 is 15.9 Å². The van der Waals surface area contributed by atoms with Crippen molar-refractivity contribution in [2.24, 2.45) is 0 Å². The van der Waals surface area contributed by atoms with Gasteiger partial charge < -0.3 is 5.32 Å². The first kappa shape index (κ1) is 15.7. The summed E-state index contributed by atoms with van der Waals surface area (Å²) in [4.78, 5) is 26.5. The van der Waals surface area contributed by atoms with Crippen LogP contribution in [0.25, 0.3) is 0 Å². The van der Waals surface area contributed by atoms with E-state index in [4.69, 9.17) is 0 Å². The van der Waals surface area contributed by atoms with Crippen molar-refractivity contribution in [1.82, 2.24) is 10.2 Å². The summed E-state index contributed by atoms with van der Waals surface area (Å²) >= 11 is 3.41. The van der Waals surface area contributed by atoms with Crippen LogP contribution in [0, 0.1) is 6.92 Å². The Morgan fingerprint density at radius 3 is 2.57 bits per heavy atom. The van der Waals surface area contributed by atoms with Gasteiger partial charge in [0.1, 0.15) is 5.54 Å². The predicted molar refractivity (Wildman–Crippen MR) is 91.8 cm³/mol. The average molecular weight is 373 g/mol. The number of aryl methyl sites for hydroxylation is 1. The zero-order valence-corrected chi connectivity index (χ0v) is 14.6. The van der Waals surface area contributed by atoms with E-state index in [2.05, 4.69) is 21.2 Å². The maximum absolute atomic E-state index is 12.9. The van der Waals surface area contributed by atoms with E-state index in [-0.39, 0.29) is 18.5 Å². The number of urea groups is 1. The standard InChI is InChI=1S/C18H17BrN2O2/c1-12-5-3-6-13(9-12)11-21-16(22)18(2,20-17(21)23)14-7-4-8-15(19)10-14/h3-10H,11H2,1-2H3,(H,20,23)/t18-/m1/s1. The summed E-state index contributed by atoms with van der Waals surface area (Å²) in [5.41, 5.74) is 1.76. The maximum Gasteiger partial charge on any atom is 0.325 e. The van der Waals surface area contributed by atoms with Gasteiger partial charge in [-0.2, -0.15) is 0 Å². The number of hydrogen-bond acceptors (Lipinski definition) is 2. The molecule has 0 aliphatic carbocycles. The zero-order chi connectivity index (χ0) is 16.6. The molecule has 1 atom stereocenters. The molecule has 0 aromatic heterocycles. The maximum atomic E-state index is 12.9. The van der Waals surface area contributed by atoms with Crippen molar-refractivity contribution in [3.63, 3.8) is 0 Å². The number of rotatable bonds is 3. The van der Waals surface area contributed by atoms with Gasteiger partial charge in [-0.25, -0.2) is 4.79 Å². The van der Waals surface area contributed by atoms with Crippen molar-refractivity contribution in [2.45, 2.75) is 25.9 Å². The Morgan fingerprint density at radius 2 is 1.87 bits per heavy atom. The summed E-state index contributed by atoms with van der Waals surface area (Å²) < 4.78 is 0.871. The number of carbonyl (C=O) groups is 2. The van der Waals surface area contributed by atoms with Crippen LogP contribution in [0.3, 0.4) is 0 Å². The van der Waals surface area contributed by atoms with Gasteiger partial charge in [-0.15, -0.1) is 0 Å². The highest BCUT2D eigenvalue weighted by Gasteiger charge is 2.48. The van der Waals surface area contributed by atoms with Crippen LogP contribution in [0.4, 0.5) is 4.79 Å². The lowest BCUT2D eigenvalue weighted by Gasteiger charge is -2.22. The Hall–Kier alpha value is -2.14. The molecule has 0 radical (unpaired) electrons. The number of nitrogens with one attached hydrogen (secondary N) is 1. The first-order chi connectivity index (χ1) is 10.9. The van der Waals surface area contributed by atoms with E-state index < -0.39 is 5.54 Å². The normalized spacial score (nSPS) is 20.7. The largest absolute Gasteiger partial charge is 0.325 e. The van der Waals surface area contributed by atoms with Crippen LogP contribution in [-0.4, -0.2) is 16.8 Å². The summed E-state index contributed by atoms with van der Waals surface area (Å²) in [5, 5.41) is 2.83. The second-order valence-electron chi connectivity index (χ2n) is 5.95. The first-order valence-corrected chi connectivity index (χ1v) is 8.15. The Morgan fingerprint density at radius 1 is 1.13 bits per heavy atom. The topological polar surface area (TPSA) is 49.4 Å². The second kappa shape index (κ2) is 5.81. The quantitative estimate of drug-likeness (QED) is 0.834. The molecule has 4 nitrogen and oxygen atoms in total. The third kappa shape index (κ3) is 2.88. The fourth-order valence-corrected chi connectivity index (χ4v) is 3.23. The molecule has 1 saturated heterocycles. The van der Waals surface area contributed by atoms with Gasteiger partial charge >= 0.3 is 6.03 Å². The molecule has 0 spiro atoms. The molecular formula is C18H17BrN2O2. The third-order valence-corrected chi connectivity index (χ3v) is 4.59. The van der Waals surface area contributed by atoms with E-state index in [1.54, 1.807) is 6.92 Å². The fourth-order valence-electron chi connectivity index (χ4n) is 2.83. The number of nitrogens with zero attached hydrogens (tertiary/aromatic N) is 1. The number of hydrogen-bond donors (Lipinski definition) is 1. The fraction of sp³-hybridized carbons (Fsp3) is 0.222. The highest BCUT2D eigenvalue weighted by Crippen LogP contribution is 2.31. The molecule has 1 fully saturated rings. The van der Waals surface area contributed by atoms with Crippen LogP contribution in [-0.2, 0) is 16.9 Å². The van der Waals surface area contributed by atoms with E-state index in [1.807, 2.05) is 55.5 Å². The molecule has 2 aromatic rings. The van der Waals surface area contributed by atoms with Gasteiger partial charge in [-0.3, -0.25) is 9.69 Å². The second-order valence-corrected chi connectivity index (χ2v) is 6.86. The van der Waals surface area contributed by atoms with Crippen LogP contribution in [0.2, 0.25) is 0 Å². The molecule has 23 heavy (non-hydrogen) atoms. The number of benzene rings is 2. The Balaban J connectivity index is 1.90.